The van der Waals surface area contributed by atoms with Crippen molar-refractivity contribution in [3.8, 4) is 17.6 Å². The number of nitriles is 1. The van der Waals surface area contributed by atoms with Crippen LogP contribution in [0.4, 0.5) is 4.39 Å². The van der Waals surface area contributed by atoms with Crippen LogP contribution in [0.15, 0.2) is 78.2 Å². The van der Waals surface area contributed by atoms with E-state index in [0.29, 0.717) is 16.3 Å². The number of benzene rings is 3. The van der Waals surface area contributed by atoms with Crippen molar-refractivity contribution in [3.05, 3.63) is 106 Å². The van der Waals surface area contributed by atoms with E-state index in [-0.39, 0.29) is 22.8 Å². The van der Waals surface area contributed by atoms with Crippen molar-refractivity contribution in [2.75, 3.05) is 0 Å². The average Bonchev–Trinajstić information content (AvgIpc) is 2.73. The number of ether oxygens (including phenoxy) is 2. The highest BCUT2D eigenvalue weighted by atomic mass is 35.5. The molecule has 0 fully saturated rings. The average molecular weight is 421 g/mol. The fourth-order valence-electron chi connectivity index (χ4n) is 3.28. The van der Waals surface area contributed by atoms with Gasteiger partial charge < -0.3 is 15.2 Å². The molecule has 3 aromatic carbocycles. The van der Waals surface area contributed by atoms with E-state index in [9.17, 15) is 14.4 Å². The van der Waals surface area contributed by atoms with Crippen molar-refractivity contribution in [1.82, 2.24) is 0 Å². The smallest absolute Gasteiger partial charge is 0.343 e. The molecule has 1 unspecified atom stereocenters. The Kier molecular flexibility index (Phi) is 5.13. The lowest BCUT2D eigenvalue weighted by atomic mass is 9.83. The van der Waals surface area contributed by atoms with Crippen LogP contribution in [0.1, 0.15) is 27.4 Å². The summed E-state index contributed by atoms with van der Waals surface area (Å²) in [6.45, 7) is 0. The molecule has 0 spiro atoms. The van der Waals surface area contributed by atoms with E-state index in [0.717, 1.165) is 5.56 Å². The molecule has 1 atom stereocenters. The lowest BCUT2D eigenvalue weighted by Gasteiger charge is -2.26. The van der Waals surface area contributed by atoms with Crippen LogP contribution in [0.3, 0.4) is 0 Å². The van der Waals surface area contributed by atoms with Gasteiger partial charge >= 0.3 is 5.97 Å². The topological polar surface area (TPSA) is 85.3 Å². The van der Waals surface area contributed by atoms with E-state index in [2.05, 4.69) is 6.07 Å². The lowest BCUT2D eigenvalue weighted by Crippen LogP contribution is -2.21. The molecule has 0 bridgehead atoms. The van der Waals surface area contributed by atoms with Crippen molar-refractivity contribution in [1.29, 1.82) is 5.26 Å². The van der Waals surface area contributed by atoms with Crippen LogP contribution in [-0.4, -0.2) is 5.97 Å². The van der Waals surface area contributed by atoms with E-state index in [1.54, 1.807) is 30.3 Å². The standard InChI is InChI=1S/C23H14ClFN2O3/c24-15-3-1-2-14(10-15)21-18-9-8-17(11-20(18)30-22(27)19(21)12-26)29-23(28)13-4-6-16(25)7-5-13/h1-11,21H,27H2. The van der Waals surface area contributed by atoms with Gasteiger partial charge in [0, 0.05) is 16.7 Å². The zero-order chi connectivity index (χ0) is 21.3. The van der Waals surface area contributed by atoms with Gasteiger partial charge in [0.25, 0.3) is 0 Å². The molecule has 3 aromatic rings. The Morgan fingerprint density at radius 3 is 2.60 bits per heavy atom. The highest BCUT2D eigenvalue weighted by Crippen LogP contribution is 2.43. The second kappa shape index (κ2) is 7.90. The van der Waals surface area contributed by atoms with Crippen molar-refractivity contribution in [2.24, 2.45) is 5.73 Å². The summed E-state index contributed by atoms with van der Waals surface area (Å²) in [6.07, 6.45) is 0. The van der Waals surface area contributed by atoms with Gasteiger partial charge in [0.15, 0.2) is 0 Å². The number of hydrogen-bond acceptors (Lipinski definition) is 5. The summed E-state index contributed by atoms with van der Waals surface area (Å²) in [4.78, 5) is 12.3. The van der Waals surface area contributed by atoms with Gasteiger partial charge in [0.2, 0.25) is 5.88 Å². The van der Waals surface area contributed by atoms with E-state index >= 15 is 0 Å². The number of rotatable bonds is 3. The number of hydrogen-bond donors (Lipinski definition) is 1. The summed E-state index contributed by atoms with van der Waals surface area (Å²) in [7, 11) is 0. The first-order valence-electron chi connectivity index (χ1n) is 8.91. The quantitative estimate of drug-likeness (QED) is 0.480. The molecule has 0 amide bonds. The Morgan fingerprint density at radius 2 is 1.90 bits per heavy atom. The van der Waals surface area contributed by atoms with Gasteiger partial charge in [-0.25, -0.2) is 9.18 Å². The van der Waals surface area contributed by atoms with Gasteiger partial charge in [0.05, 0.1) is 11.5 Å². The van der Waals surface area contributed by atoms with Crippen molar-refractivity contribution < 1.29 is 18.7 Å². The first-order chi connectivity index (χ1) is 14.5. The fraction of sp³-hybridized carbons (Fsp3) is 0.0435. The Morgan fingerprint density at radius 1 is 1.13 bits per heavy atom. The molecule has 0 aromatic heterocycles. The van der Waals surface area contributed by atoms with Crippen LogP contribution in [0, 0.1) is 17.1 Å². The molecule has 30 heavy (non-hydrogen) atoms. The van der Waals surface area contributed by atoms with Crippen LogP contribution in [0.2, 0.25) is 5.02 Å². The normalized spacial score (nSPS) is 15.0. The number of nitrogens with two attached hydrogens (primary N) is 1. The lowest BCUT2D eigenvalue weighted by molar-refractivity contribution is 0.0734. The summed E-state index contributed by atoms with van der Waals surface area (Å²) >= 11 is 6.13. The van der Waals surface area contributed by atoms with Crippen molar-refractivity contribution in [3.63, 3.8) is 0 Å². The van der Waals surface area contributed by atoms with Gasteiger partial charge in [-0.05, 0) is 48.0 Å². The van der Waals surface area contributed by atoms with Crippen LogP contribution in [0.25, 0.3) is 0 Å². The summed E-state index contributed by atoms with van der Waals surface area (Å²) in [6, 6.07) is 19.1. The van der Waals surface area contributed by atoms with Gasteiger partial charge in [-0.3, -0.25) is 0 Å². The molecule has 4 rings (SSSR count). The third kappa shape index (κ3) is 3.71. The highest BCUT2D eigenvalue weighted by molar-refractivity contribution is 6.30. The molecule has 1 heterocycles. The maximum absolute atomic E-state index is 13.0. The molecule has 0 saturated carbocycles. The first kappa shape index (κ1) is 19.5. The number of carbonyl (C=O) groups is 1. The molecule has 1 aliphatic heterocycles. The molecule has 0 aliphatic carbocycles. The maximum atomic E-state index is 13.0. The number of nitrogens with zero attached hydrogens (tertiary/aromatic N) is 1. The van der Waals surface area contributed by atoms with Gasteiger partial charge in [-0.1, -0.05) is 29.8 Å². The third-order valence-electron chi connectivity index (χ3n) is 4.66. The third-order valence-corrected chi connectivity index (χ3v) is 4.90. The van der Waals surface area contributed by atoms with Crippen molar-refractivity contribution >= 4 is 17.6 Å². The van der Waals surface area contributed by atoms with E-state index < -0.39 is 17.7 Å². The van der Waals surface area contributed by atoms with E-state index in [1.807, 2.05) is 6.07 Å². The van der Waals surface area contributed by atoms with Crippen LogP contribution in [0.5, 0.6) is 11.5 Å². The summed E-state index contributed by atoms with van der Waals surface area (Å²) in [5, 5.41) is 10.1. The maximum Gasteiger partial charge on any atom is 0.343 e. The number of allylic oxidation sites excluding steroid dienone is 1. The second-order valence-electron chi connectivity index (χ2n) is 6.58. The summed E-state index contributed by atoms with van der Waals surface area (Å²) in [5.41, 5.74) is 7.92. The highest BCUT2D eigenvalue weighted by Gasteiger charge is 2.31. The Hall–Kier alpha value is -3.82. The first-order valence-corrected chi connectivity index (χ1v) is 9.29. The molecule has 0 radical (unpaired) electrons. The van der Waals surface area contributed by atoms with Crippen molar-refractivity contribution in [2.45, 2.75) is 5.92 Å². The molecule has 7 heteroatoms. The molecule has 5 nitrogen and oxygen atoms in total. The Bertz CT molecular complexity index is 1220. The van der Waals surface area contributed by atoms with Gasteiger partial charge in [-0.2, -0.15) is 5.26 Å². The van der Waals surface area contributed by atoms with Gasteiger partial charge in [0.1, 0.15) is 29.0 Å². The van der Waals surface area contributed by atoms with Crippen LogP contribution >= 0.6 is 11.6 Å². The van der Waals surface area contributed by atoms with Gasteiger partial charge in [-0.15, -0.1) is 0 Å². The molecule has 2 N–H and O–H groups in total. The Labute approximate surface area is 176 Å². The molecular formula is C23H14ClFN2O3. The van der Waals surface area contributed by atoms with Crippen LogP contribution in [-0.2, 0) is 0 Å². The summed E-state index contributed by atoms with van der Waals surface area (Å²) < 4.78 is 24.0. The monoisotopic (exact) mass is 420 g/mol. The number of halogens is 2. The molecular weight excluding hydrogens is 407 g/mol. The number of esters is 1. The Balaban J connectivity index is 1.69. The minimum Gasteiger partial charge on any atom is -0.440 e. The number of carbonyl (C=O) groups excluding carboxylic acids is 1. The second-order valence-corrected chi connectivity index (χ2v) is 7.01. The minimum absolute atomic E-state index is 0.0306. The summed E-state index contributed by atoms with van der Waals surface area (Å²) in [5.74, 6) is -1.01. The molecule has 0 saturated heterocycles. The molecule has 1 aliphatic rings. The molecule has 148 valence electrons. The predicted molar refractivity (Wildman–Crippen MR) is 109 cm³/mol. The minimum atomic E-state index is -0.640. The number of fused-ring (bicyclic) bond motifs is 1. The van der Waals surface area contributed by atoms with E-state index in [4.69, 9.17) is 26.8 Å². The zero-order valence-electron chi connectivity index (χ0n) is 15.4. The fourth-order valence-corrected chi connectivity index (χ4v) is 3.48. The van der Waals surface area contributed by atoms with E-state index in [1.165, 1.54) is 30.3 Å². The predicted octanol–water partition coefficient (Wildman–Crippen LogP) is 4.92. The van der Waals surface area contributed by atoms with Crippen LogP contribution < -0.4 is 15.2 Å². The largest absolute Gasteiger partial charge is 0.440 e. The zero-order valence-corrected chi connectivity index (χ0v) is 16.2. The SMILES string of the molecule is N#CC1=C(N)Oc2cc(OC(=O)c3ccc(F)cc3)ccc2C1c1cccc(Cl)c1.